The maximum Gasteiger partial charge on any atom is 0.242 e. The largest absolute Gasteiger partial charge is 0.352 e. The van der Waals surface area contributed by atoms with E-state index in [1.807, 2.05) is 24.8 Å². The number of nitrogens with zero attached hydrogens (tertiary/aromatic N) is 1. The number of hydrogen-bond acceptors (Lipinski definition) is 4. The van der Waals surface area contributed by atoms with Crippen molar-refractivity contribution in [1.29, 1.82) is 0 Å². The van der Waals surface area contributed by atoms with E-state index in [9.17, 15) is 8.42 Å². The Balaban J connectivity index is 2.77. The molecule has 0 aliphatic heterocycles. The molecule has 0 aliphatic carbocycles. The van der Waals surface area contributed by atoms with Crippen LogP contribution in [0.5, 0.6) is 0 Å². The molecule has 0 amide bonds. The number of aryl methyl sites for hydroxylation is 1. The van der Waals surface area contributed by atoms with E-state index in [1.54, 1.807) is 24.0 Å². The minimum Gasteiger partial charge on any atom is -0.352 e. The number of thioether (sulfide) groups is 1. The van der Waals surface area contributed by atoms with Crippen LogP contribution in [0.1, 0.15) is 32.9 Å². The lowest BCUT2D eigenvalue weighted by atomic mass is 10.3. The van der Waals surface area contributed by atoms with Crippen LogP contribution in [0.25, 0.3) is 0 Å². The molecule has 1 heterocycles. The highest BCUT2D eigenvalue weighted by Crippen LogP contribution is 2.15. The minimum atomic E-state index is -3.44. The summed E-state index contributed by atoms with van der Waals surface area (Å²) >= 11 is 1.72. The summed E-state index contributed by atoms with van der Waals surface area (Å²) in [5.41, 5.74) is 0.959. The molecule has 0 aromatic carbocycles. The second-order valence-corrected chi connectivity index (χ2v) is 8.32. The van der Waals surface area contributed by atoms with E-state index >= 15 is 0 Å². The van der Waals surface area contributed by atoms with E-state index in [2.05, 4.69) is 23.9 Å². The van der Waals surface area contributed by atoms with Gasteiger partial charge in [-0.3, -0.25) is 0 Å². The van der Waals surface area contributed by atoms with Crippen LogP contribution in [-0.2, 0) is 23.6 Å². The van der Waals surface area contributed by atoms with E-state index in [0.29, 0.717) is 17.5 Å². The Morgan fingerprint density at radius 2 is 2.00 bits per heavy atom. The van der Waals surface area contributed by atoms with Gasteiger partial charge in [0.05, 0.1) is 4.90 Å². The van der Waals surface area contributed by atoms with Crippen LogP contribution in [0, 0.1) is 0 Å². The molecule has 1 aromatic rings. The van der Waals surface area contributed by atoms with Crippen LogP contribution in [0.2, 0.25) is 0 Å². The molecule has 0 saturated heterocycles. The monoisotopic (exact) mass is 333 g/mol. The van der Waals surface area contributed by atoms with Gasteiger partial charge in [0.1, 0.15) is 0 Å². The lowest BCUT2D eigenvalue weighted by Crippen LogP contribution is -2.32. The Hall–Kier alpha value is -0.500. The Morgan fingerprint density at radius 1 is 1.33 bits per heavy atom. The normalized spacial score (nSPS) is 13.8. The van der Waals surface area contributed by atoms with Crippen molar-refractivity contribution in [2.75, 3.05) is 12.0 Å². The fourth-order valence-corrected chi connectivity index (χ4v) is 3.86. The van der Waals surface area contributed by atoms with Crippen molar-refractivity contribution in [2.45, 2.75) is 50.7 Å². The molecule has 122 valence electrons. The standard InChI is InChI=1S/C14H27N3O2S2/c1-11(2)15-9-13-8-14(10-17(13)4)21(18,19)16-12(3)6-7-20-5/h8,10-12,15-16H,6-7,9H2,1-5H3. The Morgan fingerprint density at radius 3 is 2.57 bits per heavy atom. The zero-order valence-electron chi connectivity index (χ0n) is 13.5. The maximum absolute atomic E-state index is 12.4. The van der Waals surface area contributed by atoms with Gasteiger partial charge in [-0.2, -0.15) is 11.8 Å². The summed E-state index contributed by atoms with van der Waals surface area (Å²) in [7, 11) is -1.57. The molecule has 0 spiro atoms. The number of aromatic nitrogens is 1. The van der Waals surface area contributed by atoms with Crippen molar-refractivity contribution in [1.82, 2.24) is 14.6 Å². The molecule has 2 N–H and O–H groups in total. The van der Waals surface area contributed by atoms with Gasteiger partial charge in [0.25, 0.3) is 0 Å². The summed E-state index contributed by atoms with van der Waals surface area (Å²) in [5.74, 6) is 0.946. The van der Waals surface area contributed by atoms with Crippen molar-refractivity contribution in [3.8, 4) is 0 Å². The third kappa shape index (κ3) is 6.02. The SMILES string of the molecule is CSCCC(C)NS(=O)(=O)c1cc(CNC(C)C)n(C)c1. The fraction of sp³-hybridized carbons (Fsp3) is 0.714. The molecule has 1 aromatic heterocycles. The smallest absolute Gasteiger partial charge is 0.242 e. The summed E-state index contributed by atoms with van der Waals surface area (Å²) in [6, 6.07) is 2.04. The van der Waals surface area contributed by atoms with Crippen LogP contribution in [0.15, 0.2) is 17.2 Å². The molecule has 0 saturated carbocycles. The van der Waals surface area contributed by atoms with Gasteiger partial charge in [0.15, 0.2) is 0 Å². The molecular formula is C14H27N3O2S2. The van der Waals surface area contributed by atoms with Crippen molar-refractivity contribution >= 4 is 21.8 Å². The zero-order valence-corrected chi connectivity index (χ0v) is 15.1. The zero-order chi connectivity index (χ0) is 16.0. The van der Waals surface area contributed by atoms with E-state index in [-0.39, 0.29) is 6.04 Å². The van der Waals surface area contributed by atoms with Gasteiger partial charge in [0, 0.05) is 37.6 Å². The molecule has 1 unspecified atom stereocenters. The average Bonchev–Trinajstić information content (AvgIpc) is 2.75. The van der Waals surface area contributed by atoms with Gasteiger partial charge in [0.2, 0.25) is 10.0 Å². The summed E-state index contributed by atoms with van der Waals surface area (Å²) in [5, 5.41) is 3.30. The Bertz CT molecular complexity index is 538. The second-order valence-electron chi connectivity index (χ2n) is 5.62. The second kappa shape index (κ2) is 8.22. The van der Waals surface area contributed by atoms with E-state index < -0.39 is 10.0 Å². The minimum absolute atomic E-state index is 0.0557. The van der Waals surface area contributed by atoms with Gasteiger partial charge in [-0.15, -0.1) is 0 Å². The van der Waals surface area contributed by atoms with Crippen LogP contribution < -0.4 is 10.0 Å². The third-order valence-corrected chi connectivity index (χ3v) is 5.40. The predicted molar refractivity (Wildman–Crippen MR) is 90.2 cm³/mol. The lowest BCUT2D eigenvalue weighted by molar-refractivity contribution is 0.557. The van der Waals surface area contributed by atoms with Gasteiger partial charge in [-0.1, -0.05) is 13.8 Å². The molecule has 1 rings (SSSR count). The van der Waals surface area contributed by atoms with Crippen molar-refractivity contribution < 1.29 is 8.42 Å². The first kappa shape index (κ1) is 18.5. The topological polar surface area (TPSA) is 63.1 Å². The van der Waals surface area contributed by atoms with Crippen molar-refractivity contribution in [3.63, 3.8) is 0 Å². The molecule has 5 nitrogen and oxygen atoms in total. The predicted octanol–water partition coefficient (Wildman–Crippen LogP) is 1.94. The number of hydrogen-bond donors (Lipinski definition) is 2. The average molecular weight is 334 g/mol. The molecule has 0 fully saturated rings. The first-order valence-corrected chi connectivity index (χ1v) is 10.0. The van der Waals surface area contributed by atoms with Gasteiger partial charge in [-0.05, 0) is 31.4 Å². The van der Waals surface area contributed by atoms with E-state index in [4.69, 9.17) is 0 Å². The molecule has 0 radical (unpaired) electrons. The van der Waals surface area contributed by atoms with Crippen LogP contribution in [0.3, 0.4) is 0 Å². The van der Waals surface area contributed by atoms with E-state index in [1.165, 1.54) is 0 Å². The number of nitrogens with one attached hydrogen (secondary N) is 2. The third-order valence-electron chi connectivity index (χ3n) is 3.20. The van der Waals surface area contributed by atoms with Gasteiger partial charge in [-0.25, -0.2) is 13.1 Å². The molecule has 0 bridgehead atoms. The molecular weight excluding hydrogens is 306 g/mol. The van der Waals surface area contributed by atoms with Crippen molar-refractivity contribution in [2.24, 2.45) is 7.05 Å². The summed E-state index contributed by atoms with van der Waals surface area (Å²) < 4.78 is 29.3. The van der Waals surface area contributed by atoms with Gasteiger partial charge < -0.3 is 9.88 Å². The first-order chi connectivity index (χ1) is 9.76. The molecule has 7 heteroatoms. The first-order valence-electron chi connectivity index (χ1n) is 7.16. The highest BCUT2D eigenvalue weighted by molar-refractivity contribution is 7.98. The molecule has 1 atom stereocenters. The van der Waals surface area contributed by atoms with Crippen molar-refractivity contribution in [3.05, 3.63) is 18.0 Å². The molecule has 21 heavy (non-hydrogen) atoms. The van der Waals surface area contributed by atoms with Crippen LogP contribution in [0.4, 0.5) is 0 Å². The maximum atomic E-state index is 12.4. The fourth-order valence-electron chi connectivity index (χ4n) is 1.89. The van der Waals surface area contributed by atoms with E-state index in [0.717, 1.165) is 17.9 Å². The number of sulfonamides is 1. The highest BCUT2D eigenvalue weighted by Gasteiger charge is 2.19. The summed E-state index contributed by atoms with van der Waals surface area (Å²) in [6.07, 6.45) is 4.52. The van der Waals surface area contributed by atoms with Crippen LogP contribution >= 0.6 is 11.8 Å². The summed E-state index contributed by atoms with van der Waals surface area (Å²) in [4.78, 5) is 0.335. The summed E-state index contributed by atoms with van der Waals surface area (Å²) in [6.45, 7) is 6.69. The Labute approximate surface area is 132 Å². The number of rotatable bonds is 9. The molecule has 0 aliphatic rings. The van der Waals surface area contributed by atoms with Crippen LogP contribution in [-0.4, -0.2) is 37.1 Å². The quantitative estimate of drug-likeness (QED) is 0.725. The Kier molecular flexibility index (Phi) is 7.26. The van der Waals surface area contributed by atoms with Gasteiger partial charge >= 0.3 is 0 Å². The highest BCUT2D eigenvalue weighted by atomic mass is 32.2. The lowest BCUT2D eigenvalue weighted by Gasteiger charge is -2.12.